The Kier molecular flexibility index (Phi) is 38.6. The van der Waals surface area contributed by atoms with E-state index < -0.39 is 0 Å². The minimum atomic E-state index is 1.09. The molecule has 0 aliphatic rings. The second-order valence-electron chi connectivity index (χ2n) is 31.3. The van der Waals surface area contributed by atoms with Crippen molar-refractivity contribution < 1.29 is 0 Å². The van der Waals surface area contributed by atoms with E-state index in [1.165, 1.54) is 192 Å². The largest absolute Gasteiger partial charge is 0.343 e. The Balaban J connectivity index is 0.000000170. The van der Waals surface area contributed by atoms with Crippen molar-refractivity contribution in [1.82, 2.24) is 71.4 Å². The summed E-state index contributed by atoms with van der Waals surface area (Å²) in [7, 11) is 16.8. The Morgan fingerprint density at radius 2 is 0.382 bits per heavy atom. The predicted molar refractivity (Wildman–Crippen MR) is 597 cm³/mol. The number of hydrogen-bond donors (Lipinski definition) is 0. The average molecular weight is 1810 g/mol. The van der Waals surface area contributed by atoms with E-state index in [1.807, 2.05) is 173 Å². The standard InChI is InChI=1S/C14H13N.7C13H12N2.8C2H6/c1-10-6-5-8-12-11-7-3-4-9-13(11)15(2)14(10)12;1-9-5-3-6-10-12-11(7-4-8-14-12)15(2)13(9)10;2*1-9-7-14-8-11-10-5-3-4-6-12(10)15(2)13(9)11;2*1-9-13-11(7-8-14-9)10-5-3-4-6-12(10)15(13)2;2*1-9-7-8-14-12-10-5-3-4-6-11(10)15(2)13(9)12;8*1-2/h3-9H,1-2H3;7*3-8H,1-2H3;8*1-2H3. The van der Waals surface area contributed by atoms with Gasteiger partial charge in [-0.25, -0.2) is 0 Å². The Morgan fingerprint density at radius 1 is 0.154 bits per heavy atom. The fourth-order valence-electron chi connectivity index (χ4n) is 18.5. The molecule has 9 aromatic carbocycles. The molecule has 704 valence electrons. The van der Waals surface area contributed by atoms with Crippen LogP contribution in [0.3, 0.4) is 0 Å². The van der Waals surface area contributed by atoms with E-state index in [0.717, 1.165) is 27.9 Å². The number of pyridine rings is 7. The first-order chi connectivity index (χ1) is 66.3. The number of hydrogen-bond acceptors (Lipinski definition) is 7. The van der Waals surface area contributed by atoms with Gasteiger partial charge in [-0.3, -0.25) is 34.9 Å². The highest BCUT2D eigenvalue weighted by Crippen LogP contribution is 2.37. The van der Waals surface area contributed by atoms with Crippen LogP contribution in [-0.2, 0) is 56.4 Å². The lowest BCUT2D eigenvalue weighted by Gasteiger charge is -2.00. The topological polar surface area (TPSA) is 130 Å². The van der Waals surface area contributed by atoms with Crippen LogP contribution in [0.1, 0.15) is 156 Å². The normalized spacial score (nSPS) is 10.4. The number of para-hydroxylation sites is 9. The molecule has 136 heavy (non-hydrogen) atoms. The highest BCUT2D eigenvalue weighted by Gasteiger charge is 2.17. The van der Waals surface area contributed by atoms with Gasteiger partial charge in [0.05, 0.1) is 88.6 Å². The van der Waals surface area contributed by atoms with E-state index in [9.17, 15) is 0 Å². The van der Waals surface area contributed by atoms with E-state index in [4.69, 9.17) is 0 Å². The summed E-state index contributed by atoms with van der Waals surface area (Å²) in [6.45, 7) is 48.9. The molecule has 15 heterocycles. The third kappa shape index (κ3) is 21.1. The zero-order valence-electron chi connectivity index (χ0n) is 87.0. The maximum Gasteiger partial charge on any atom is 0.0962 e. The zero-order chi connectivity index (χ0) is 99.3. The first kappa shape index (κ1) is 105. The molecule has 0 spiro atoms. The van der Waals surface area contributed by atoms with Gasteiger partial charge in [-0.2, -0.15) is 0 Å². The Hall–Kier alpha value is -14.6. The zero-order valence-corrected chi connectivity index (χ0v) is 87.0. The van der Waals surface area contributed by atoms with Crippen molar-refractivity contribution in [1.29, 1.82) is 0 Å². The summed E-state index contributed by atoms with van der Waals surface area (Å²) in [4.78, 5) is 30.6. The molecule has 0 radical (unpaired) electrons. The fraction of sp³-hybridized carbons (Fsp3) is 0.264. The molecule has 0 aliphatic heterocycles. The van der Waals surface area contributed by atoms with Gasteiger partial charge in [0.25, 0.3) is 0 Å². The summed E-state index contributed by atoms with van der Waals surface area (Å²) in [5.74, 6) is 0. The maximum atomic E-state index is 4.47. The summed E-state index contributed by atoms with van der Waals surface area (Å²) in [5.41, 5.74) is 33.3. The molecule has 15 aromatic heterocycles. The van der Waals surface area contributed by atoms with Gasteiger partial charge < -0.3 is 36.5 Å². The molecule has 0 saturated carbocycles. The van der Waals surface area contributed by atoms with Gasteiger partial charge >= 0.3 is 0 Å². The molecule has 15 heteroatoms. The van der Waals surface area contributed by atoms with Gasteiger partial charge in [0.15, 0.2) is 0 Å². The number of nitrogens with zero attached hydrogens (tertiary/aromatic N) is 15. The Bertz CT molecular complexity index is 6610. The van der Waals surface area contributed by atoms with E-state index in [1.54, 1.807) is 0 Å². The van der Waals surface area contributed by atoms with Gasteiger partial charge in [0, 0.05) is 210 Å². The third-order valence-corrected chi connectivity index (χ3v) is 24.0. The van der Waals surface area contributed by atoms with Crippen molar-refractivity contribution >= 4 is 175 Å². The summed E-state index contributed by atoms with van der Waals surface area (Å²) < 4.78 is 17.8. The molecule has 0 atom stereocenters. The minimum absolute atomic E-state index is 1.09. The number of aromatic nitrogens is 15. The number of fused-ring (bicyclic) bond motifs is 24. The first-order valence-electron chi connectivity index (χ1n) is 48.7. The van der Waals surface area contributed by atoms with Gasteiger partial charge in [-0.05, 0) is 168 Å². The van der Waals surface area contributed by atoms with Gasteiger partial charge in [0.1, 0.15) is 0 Å². The van der Waals surface area contributed by atoms with Crippen LogP contribution in [0.4, 0.5) is 0 Å². The number of aryl methyl sites for hydroxylation is 16. The van der Waals surface area contributed by atoms with Crippen LogP contribution in [0, 0.1) is 55.4 Å². The Labute approximate surface area is 806 Å². The smallest absolute Gasteiger partial charge is 0.0962 e. The molecule has 24 aromatic rings. The lowest BCUT2D eigenvalue weighted by molar-refractivity contribution is 0.997. The molecule has 24 rings (SSSR count). The van der Waals surface area contributed by atoms with E-state index in [2.05, 4.69) is 420 Å². The van der Waals surface area contributed by atoms with Crippen molar-refractivity contribution in [2.24, 2.45) is 56.4 Å². The molecule has 0 bridgehead atoms. The van der Waals surface area contributed by atoms with E-state index >= 15 is 0 Å². The van der Waals surface area contributed by atoms with Crippen LogP contribution >= 0.6 is 0 Å². The van der Waals surface area contributed by atoms with Crippen LogP contribution in [0.5, 0.6) is 0 Å². The molecule has 0 saturated heterocycles. The van der Waals surface area contributed by atoms with Crippen LogP contribution in [-0.4, -0.2) is 71.4 Å². The van der Waals surface area contributed by atoms with Crippen LogP contribution in [0.2, 0.25) is 0 Å². The van der Waals surface area contributed by atoms with Gasteiger partial charge in [0.2, 0.25) is 0 Å². The molecule has 15 nitrogen and oxygen atoms in total. The molecular weight excluding hydrogens is 1660 g/mol. The number of rotatable bonds is 0. The summed E-state index contributed by atoms with van der Waals surface area (Å²) in [5, 5.41) is 16.7. The van der Waals surface area contributed by atoms with Crippen molar-refractivity contribution in [3.8, 4) is 0 Å². The summed E-state index contributed by atoms with van der Waals surface area (Å²) in [6.07, 6.45) is 17.1. The molecule has 0 amide bonds. The quantitative estimate of drug-likeness (QED) is 0.148. The summed E-state index contributed by atoms with van der Waals surface area (Å²) in [6, 6.07) is 84.4. The molecule has 0 aliphatic carbocycles. The van der Waals surface area contributed by atoms with Crippen LogP contribution in [0.15, 0.2) is 298 Å². The van der Waals surface area contributed by atoms with Crippen molar-refractivity contribution in [2.45, 2.75) is 166 Å². The van der Waals surface area contributed by atoms with Crippen molar-refractivity contribution in [3.05, 3.63) is 343 Å². The number of benzene rings is 9. The molecular formula is C121H145N15. The molecule has 0 fully saturated rings. The summed E-state index contributed by atoms with van der Waals surface area (Å²) >= 11 is 0. The highest BCUT2D eigenvalue weighted by atomic mass is 15.0. The first-order valence-corrected chi connectivity index (χ1v) is 48.7. The fourth-order valence-corrected chi connectivity index (χ4v) is 18.5. The van der Waals surface area contributed by atoms with E-state index in [-0.39, 0.29) is 0 Å². The minimum Gasteiger partial charge on any atom is -0.343 e. The highest BCUT2D eigenvalue weighted by molar-refractivity contribution is 6.14. The predicted octanol–water partition coefficient (Wildman–Crippen LogP) is 33.1. The van der Waals surface area contributed by atoms with Crippen molar-refractivity contribution in [2.75, 3.05) is 0 Å². The maximum absolute atomic E-state index is 4.47. The van der Waals surface area contributed by atoms with Crippen LogP contribution < -0.4 is 0 Å². The Morgan fingerprint density at radius 3 is 0.728 bits per heavy atom. The lowest BCUT2D eigenvalue weighted by Crippen LogP contribution is -1.90. The lowest BCUT2D eigenvalue weighted by atomic mass is 10.1. The monoisotopic (exact) mass is 1810 g/mol. The third-order valence-electron chi connectivity index (χ3n) is 24.0. The average Bonchev–Trinajstić information content (AvgIpc) is 1.67. The van der Waals surface area contributed by atoms with Gasteiger partial charge in [-0.1, -0.05) is 275 Å². The molecule has 0 unspecified atom stereocenters. The molecule has 0 N–H and O–H groups in total. The second kappa shape index (κ2) is 50.0. The SMILES string of the molecule is CC.CC.CC.CC.CC.CC.CC.CC.Cc1cccc2c3ccccc3n(C)c12.Cc1cccc2c3ncccc3n(C)c12.Cc1ccnc2c3ccccc3n(C)c12.Cc1ccnc2c3ccccc3n(C)c12.Cc1cncc2c3ccccc3n(C)c12.Cc1cncc2c3ccccc3n(C)c12.Cc1nccc2c3ccccc3n(C)c12.Cc1nccc2c3ccccc3n(C)c12. The van der Waals surface area contributed by atoms with Crippen LogP contribution in [0.25, 0.3) is 175 Å². The van der Waals surface area contributed by atoms with Crippen molar-refractivity contribution in [3.63, 3.8) is 0 Å². The second-order valence-corrected chi connectivity index (χ2v) is 31.3. The van der Waals surface area contributed by atoms with Gasteiger partial charge in [-0.15, -0.1) is 0 Å². The van der Waals surface area contributed by atoms with E-state index in [0.29, 0.717) is 0 Å².